The summed E-state index contributed by atoms with van der Waals surface area (Å²) in [5, 5.41) is 2.71. The zero-order valence-electron chi connectivity index (χ0n) is 33.9. The second-order valence-electron chi connectivity index (χ2n) is 17.5. The summed E-state index contributed by atoms with van der Waals surface area (Å²) < 4.78 is 17.0. The quantitative estimate of drug-likeness (QED) is 0.148. The van der Waals surface area contributed by atoms with Gasteiger partial charge in [-0.2, -0.15) is 0 Å². The van der Waals surface area contributed by atoms with Gasteiger partial charge in [-0.25, -0.2) is 19.6 Å². The first kappa shape index (κ1) is 37.7. The SMILES string of the molecule is COC(=O)N[C@H](C(=O)N1CCC[C@H]1c1ncc(-c2ccc3c(c2)OCc2cc(-c4ccc5nc(C6C7CCC(C7)N6C(=O)OC(C)(C)C)[nH]c5c4)ccc2-3)[nH]1)C(C)C. The number of alkyl carbamates (subject to hydrolysis) is 1. The van der Waals surface area contributed by atoms with Crippen LogP contribution in [-0.2, 0) is 20.9 Å². The first-order valence-electron chi connectivity index (χ1n) is 20.5. The highest BCUT2D eigenvalue weighted by molar-refractivity contribution is 5.87. The molecule has 2 bridgehead atoms. The number of methoxy groups -OCH3 is 1. The number of hydrogen-bond donors (Lipinski definition) is 3. The Morgan fingerprint density at radius 3 is 2.50 bits per heavy atom. The number of carbonyl (C=O) groups excluding carboxylic acids is 3. The maximum atomic E-state index is 13.6. The van der Waals surface area contributed by atoms with E-state index in [1.54, 1.807) is 0 Å². The maximum absolute atomic E-state index is 13.6. The Morgan fingerprint density at radius 2 is 1.71 bits per heavy atom. The molecule has 3 N–H and O–H groups in total. The lowest BCUT2D eigenvalue weighted by atomic mass is 9.92. The molecule has 3 amide bonds. The average Bonchev–Trinajstić information content (AvgIpc) is 4.06. The van der Waals surface area contributed by atoms with Crippen molar-refractivity contribution in [3.8, 4) is 39.3 Å². The van der Waals surface area contributed by atoms with Crippen LogP contribution in [0.2, 0.25) is 0 Å². The molecule has 302 valence electrons. The van der Waals surface area contributed by atoms with Crippen molar-refractivity contribution in [3.05, 3.63) is 78.0 Å². The van der Waals surface area contributed by atoms with Crippen LogP contribution in [0.3, 0.4) is 0 Å². The number of nitrogens with zero attached hydrogens (tertiary/aromatic N) is 4. The molecular formula is C45H51N7O6. The summed E-state index contributed by atoms with van der Waals surface area (Å²) in [6, 6.07) is 18.2. The van der Waals surface area contributed by atoms with Crippen LogP contribution in [0.4, 0.5) is 9.59 Å². The number of fused-ring (bicyclic) bond motifs is 6. The zero-order valence-corrected chi connectivity index (χ0v) is 33.9. The molecule has 1 saturated carbocycles. The number of carbonyl (C=O) groups is 3. The van der Waals surface area contributed by atoms with Gasteiger partial charge in [-0.3, -0.25) is 9.69 Å². The summed E-state index contributed by atoms with van der Waals surface area (Å²) in [4.78, 5) is 59.5. The van der Waals surface area contributed by atoms with Crippen molar-refractivity contribution in [1.82, 2.24) is 35.1 Å². The van der Waals surface area contributed by atoms with E-state index in [2.05, 4.69) is 63.8 Å². The fraction of sp³-hybridized carbons (Fsp3) is 0.444. The van der Waals surface area contributed by atoms with E-state index in [-0.39, 0.29) is 36.0 Å². The van der Waals surface area contributed by atoms with Crippen molar-refractivity contribution in [2.45, 2.75) is 103 Å². The highest BCUT2D eigenvalue weighted by Crippen LogP contribution is 2.50. The van der Waals surface area contributed by atoms with Crippen molar-refractivity contribution >= 4 is 29.1 Å². The highest BCUT2D eigenvalue weighted by Gasteiger charge is 2.51. The number of likely N-dealkylation sites (tertiary alicyclic amines) is 2. The molecule has 2 aromatic heterocycles. The standard InChI is InChI=1S/C45H51N7O6/c1-24(2)38(50-43(54)56-6)42(53)51-17-7-8-36(51)40-46-22-35(49-40)27-11-15-32-31-14-10-25(18-29(31)23-57-37(32)21-27)26-12-16-33-34(20-26)48-41(47-33)39-28-9-13-30(19-28)52(39)44(55)58-45(3,4)5/h10-12,14-16,18,20-22,24,28,30,36,38-39H,7-9,13,17,19,23H2,1-6H3,(H,46,49)(H,47,48)(H,50,54)/t28?,30?,36-,38-,39?/m0/s1. The van der Waals surface area contributed by atoms with Gasteiger partial charge in [0.15, 0.2) is 0 Å². The molecule has 0 radical (unpaired) electrons. The Balaban J connectivity index is 0.921. The molecule has 9 rings (SSSR count). The Kier molecular flexibility index (Phi) is 9.44. The molecule has 4 aliphatic rings. The monoisotopic (exact) mass is 785 g/mol. The normalized spacial score (nSPS) is 21.5. The number of nitrogens with one attached hydrogen (secondary N) is 3. The second kappa shape index (κ2) is 14.5. The molecule has 5 aromatic rings. The Hall–Kier alpha value is -5.85. The summed E-state index contributed by atoms with van der Waals surface area (Å²) in [7, 11) is 1.30. The van der Waals surface area contributed by atoms with Crippen molar-refractivity contribution in [1.29, 1.82) is 0 Å². The van der Waals surface area contributed by atoms with E-state index < -0.39 is 17.7 Å². The number of imidazole rings is 2. The third kappa shape index (κ3) is 6.83. The van der Waals surface area contributed by atoms with Crippen LogP contribution in [0.15, 0.2) is 60.8 Å². The summed E-state index contributed by atoms with van der Waals surface area (Å²) in [5.74, 6) is 2.47. The van der Waals surface area contributed by atoms with E-state index in [0.29, 0.717) is 19.1 Å². The minimum Gasteiger partial charge on any atom is -0.488 e. The van der Waals surface area contributed by atoms with Gasteiger partial charge in [0.25, 0.3) is 0 Å². The molecule has 5 atom stereocenters. The third-order valence-corrected chi connectivity index (χ3v) is 12.2. The van der Waals surface area contributed by atoms with Crippen LogP contribution in [0.25, 0.3) is 44.5 Å². The van der Waals surface area contributed by atoms with Crippen LogP contribution in [-0.4, -0.2) is 79.2 Å². The van der Waals surface area contributed by atoms with Crippen molar-refractivity contribution in [3.63, 3.8) is 0 Å². The first-order valence-corrected chi connectivity index (χ1v) is 20.5. The van der Waals surface area contributed by atoms with Gasteiger partial charge < -0.3 is 34.4 Å². The summed E-state index contributed by atoms with van der Waals surface area (Å²) >= 11 is 0. The molecule has 58 heavy (non-hydrogen) atoms. The van der Waals surface area contributed by atoms with E-state index in [9.17, 15) is 14.4 Å². The lowest BCUT2D eigenvalue weighted by Crippen LogP contribution is -2.51. The minimum atomic E-state index is -0.691. The maximum Gasteiger partial charge on any atom is 0.411 e. The molecule has 3 unspecified atom stereocenters. The molecule has 3 fully saturated rings. The fourth-order valence-electron chi connectivity index (χ4n) is 9.45. The van der Waals surface area contributed by atoms with E-state index in [1.807, 2.05) is 56.7 Å². The van der Waals surface area contributed by atoms with Crippen LogP contribution in [0.5, 0.6) is 5.75 Å². The van der Waals surface area contributed by atoms with E-state index >= 15 is 0 Å². The van der Waals surface area contributed by atoms with E-state index in [0.717, 1.165) is 99.6 Å². The van der Waals surface area contributed by atoms with Crippen molar-refractivity contribution in [2.24, 2.45) is 11.8 Å². The Bertz CT molecular complexity index is 2410. The number of H-pyrrole nitrogens is 2. The van der Waals surface area contributed by atoms with Crippen LogP contribution < -0.4 is 10.1 Å². The largest absolute Gasteiger partial charge is 0.488 e. The predicted octanol–water partition coefficient (Wildman–Crippen LogP) is 8.68. The Morgan fingerprint density at radius 1 is 0.931 bits per heavy atom. The number of piperidine rings is 1. The smallest absolute Gasteiger partial charge is 0.411 e. The van der Waals surface area contributed by atoms with Gasteiger partial charge in [0.05, 0.1) is 42.1 Å². The predicted molar refractivity (Wildman–Crippen MR) is 219 cm³/mol. The molecule has 13 nitrogen and oxygen atoms in total. The number of aromatic amines is 2. The number of rotatable bonds is 7. The number of aromatic nitrogens is 4. The number of hydrogen-bond acceptors (Lipinski definition) is 8. The first-order chi connectivity index (χ1) is 27.8. The average molecular weight is 786 g/mol. The van der Waals surface area contributed by atoms with Gasteiger partial charge in [-0.1, -0.05) is 38.1 Å². The van der Waals surface area contributed by atoms with Gasteiger partial charge in [0.1, 0.15) is 35.6 Å². The van der Waals surface area contributed by atoms with Crippen LogP contribution in [0, 0.1) is 11.8 Å². The Labute approximate surface area is 337 Å². The molecule has 1 aliphatic carbocycles. The van der Waals surface area contributed by atoms with Gasteiger partial charge in [-0.15, -0.1) is 0 Å². The second-order valence-corrected chi connectivity index (χ2v) is 17.5. The number of benzene rings is 3. The van der Waals surface area contributed by atoms with Gasteiger partial charge in [0, 0.05) is 23.7 Å². The molecule has 5 heterocycles. The van der Waals surface area contributed by atoms with Crippen LogP contribution >= 0.6 is 0 Å². The van der Waals surface area contributed by atoms with Crippen LogP contribution in [0.1, 0.15) is 96.0 Å². The number of ether oxygens (including phenoxy) is 3. The lowest BCUT2D eigenvalue weighted by molar-refractivity contribution is -0.135. The fourth-order valence-corrected chi connectivity index (χ4v) is 9.45. The van der Waals surface area contributed by atoms with Crippen molar-refractivity contribution in [2.75, 3.05) is 13.7 Å². The van der Waals surface area contributed by atoms with E-state index in [4.69, 9.17) is 24.2 Å². The van der Waals surface area contributed by atoms with Gasteiger partial charge in [-0.05, 0) is 117 Å². The highest BCUT2D eigenvalue weighted by atomic mass is 16.6. The zero-order chi connectivity index (χ0) is 40.5. The minimum absolute atomic E-state index is 0.106. The van der Waals surface area contributed by atoms with Crippen molar-refractivity contribution < 1.29 is 28.6 Å². The third-order valence-electron chi connectivity index (χ3n) is 12.2. The molecule has 3 aromatic carbocycles. The molecule has 13 heteroatoms. The summed E-state index contributed by atoms with van der Waals surface area (Å²) in [5.41, 5.74) is 8.45. The summed E-state index contributed by atoms with van der Waals surface area (Å²) in [6.07, 6.45) is 5.63. The molecule has 0 spiro atoms. The molecular weight excluding hydrogens is 735 g/mol. The number of amides is 3. The van der Waals surface area contributed by atoms with E-state index in [1.165, 1.54) is 7.11 Å². The summed E-state index contributed by atoms with van der Waals surface area (Å²) in [6.45, 7) is 10.6. The topological polar surface area (TPSA) is 155 Å². The van der Waals surface area contributed by atoms with Gasteiger partial charge in [0.2, 0.25) is 5.91 Å². The molecule has 2 saturated heterocycles. The molecule has 3 aliphatic heterocycles. The van der Waals surface area contributed by atoms with Gasteiger partial charge >= 0.3 is 12.2 Å². The lowest BCUT2D eigenvalue weighted by Gasteiger charge is -2.35.